The Balaban J connectivity index is 2.36. The van der Waals surface area contributed by atoms with Crippen LogP contribution in [0.4, 0.5) is 0 Å². The molecule has 0 saturated heterocycles. The minimum absolute atomic E-state index is 0.107. The number of rotatable bonds is 5. The maximum Gasteiger partial charge on any atom is 0.341 e. The third kappa shape index (κ3) is 2.84. The molecule has 0 aliphatic heterocycles. The molecule has 1 aliphatic carbocycles. The van der Waals surface area contributed by atoms with Crippen molar-refractivity contribution >= 4 is 21.9 Å². The largest absolute Gasteiger partial charge is 0.467 e. The molecule has 0 heterocycles. The molecule has 2 rings (SSSR count). The van der Waals surface area contributed by atoms with E-state index in [0.717, 1.165) is 4.47 Å². The molecule has 1 fully saturated rings. The number of carbonyl (C=O) groups is 1. The monoisotopic (exact) mass is 314 g/mol. The van der Waals surface area contributed by atoms with Gasteiger partial charge in [0.15, 0.2) is 6.79 Å². The van der Waals surface area contributed by atoms with Crippen LogP contribution in [-0.2, 0) is 9.47 Å². The zero-order valence-corrected chi connectivity index (χ0v) is 12.0. The zero-order chi connectivity index (χ0) is 13.1. The van der Waals surface area contributed by atoms with Crippen LogP contribution < -0.4 is 4.74 Å². The number of ether oxygens (including phenoxy) is 3. The van der Waals surface area contributed by atoms with Gasteiger partial charge in [0.25, 0.3) is 0 Å². The van der Waals surface area contributed by atoms with Crippen LogP contribution in [0.1, 0.15) is 34.7 Å². The van der Waals surface area contributed by atoms with E-state index in [9.17, 15) is 4.79 Å². The van der Waals surface area contributed by atoms with Crippen LogP contribution in [0.15, 0.2) is 16.6 Å². The number of benzene rings is 1. The van der Waals surface area contributed by atoms with E-state index in [1.807, 2.05) is 6.07 Å². The summed E-state index contributed by atoms with van der Waals surface area (Å²) >= 11 is 3.49. The first kappa shape index (κ1) is 13.4. The molecular formula is C13H15BrO4. The van der Waals surface area contributed by atoms with Crippen molar-refractivity contribution in [1.29, 1.82) is 0 Å². The summed E-state index contributed by atoms with van der Waals surface area (Å²) in [4.78, 5) is 11.7. The highest BCUT2D eigenvalue weighted by atomic mass is 79.9. The van der Waals surface area contributed by atoms with Crippen LogP contribution >= 0.6 is 15.9 Å². The Bertz CT molecular complexity index is 455. The molecule has 0 aromatic heterocycles. The van der Waals surface area contributed by atoms with Gasteiger partial charge in [-0.3, -0.25) is 0 Å². The van der Waals surface area contributed by atoms with Crippen LogP contribution in [0.2, 0.25) is 0 Å². The van der Waals surface area contributed by atoms with E-state index >= 15 is 0 Å². The van der Waals surface area contributed by atoms with Gasteiger partial charge in [0.1, 0.15) is 11.3 Å². The average Bonchev–Trinajstić information content (AvgIpc) is 3.20. The Hall–Kier alpha value is -1.07. The highest BCUT2D eigenvalue weighted by molar-refractivity contribution is 9.10. The summed E-state index contributed by atoms with van der Waals surface area (Å²) in [7, 11) is 2.89. The third-order valence-electron chi connectivity index (χ3n) is 2.85. The van der Waals surface area contributed by atoms with Gasteiger partial charge in [-0.25, -0.2) is 4.79 Å². The van der Waals surface area contributed by atoms with Gasteiger partial charge in [0.2, 0.25) is 0 Å². The maximum absolute atomic E-state index is 11.7. The van der Waals surface area contributed by atoms with E-state index in [2.05, 4.69) is 15.9 Å². The standard InChI is InChI=1S/C13H15BrO4/c1-16-7-18-12-6-9(8-3-4-8)11(14)5-10(12)13(15)17-2/h5-6,8H,3-4,7H2,1-2H3. The van der Waals surface area contributed by atoms with Crippen LogP contribution in [0.3, 0.4) is 0 Å². The molecule has 18 heavy (non-hydrogen) atoms. The summed E-state index contributed by atoms with van der Waals surface area (Å²) in [6, 6.07) is 3.65. The second-order valence-corrected chi connectivity index (χ2v) is 5.04. The Morgan fingerprint density at radius 2 is 2.11 bits per heavy atom. The second kappa shape index (κ2) is 5.71. The average molecular weight is 315 g/mol. The summed E-state index contributed by atoms with van der Waals surface area (Å²) in [5, 5.41) is 0. The number of methoxy groups -OCH3 is 2. The van der Waals surface area contributed by atoms with Crippen molar-refractivity contribution < 1.29 is 19.0 Å². The molecule has 98 valence electrons. The minimum atomic E-state index is -0.413. The topological polar surface area (TPSA) is 44.8 Å². The minimum Gasteiger partial charge on any atom is -0.467 e. The highest BCUT2D eigenvalue weighted by Crippen LogP contribution is 2.45. The number of carbonyl (C=O) groups excluding carboxylic acids is 1. The molecule has 0 bridgehead atoms. The summed E-state index contributed by atoms with van der Waals surface area (Å²) in [6.45, 7) is 0.107. The lowest BCUT2D eigenvalue weighted by Gasteiger charge is -2.13. The van der Waals surface area contributed by atoms with Crippen molar-refractivity contribution in [2.45, 2.75) is 18.8 Å². The van der Waals surface area contributed by atoms with Gasteiger partial charge in [-0.2, -0.15) is 0 Å². The fourth-order valence-corrected chi connectivity index (χ4v) is 2.45. The smallest absolute Gasteiger partial charge is 0.341 e. The molecular weight excluding hydrogens is 300 g/mol. The normalized spacial score (nSPS) is 14.4. The van der Waals surface area contributed by atoms with E-state index in [0.29, 0.717) is 17.2 Å². The summed E-state index contributed by atoms with van der Waals surface area (Å²) in [5.74, 6) is 0.661. The molecule has 0 unspecified atom stereocenters. The predicted molar refractivity (Wildman–Crippen MR) is 70.0 cm³/mol. The van der Waals surface area contributed by atoms with Crippen molar-refractivity contribution in [3.05, 3.63) is 27.7 Å². The van der Waals surface area contributed by atoms with Crippen LogP contribution in [0, 0.1) is 0 Å². The van der Waals surface area contributed by atoms with Crippen LogP contribution in [0.5, 0.6) is 5.75 Å². The Morgan fingerprint density at radius 1 is 1.39 bits per heavy atom. The lowest BCUT2D eigenvalue weighted by atomic mass is 10.1. The Labute approximate surface area is 114 Å². The first-order valence-corrected chi connectivity index (χ1v) is 6.50. The molecule has 1 aliphatic rings. The van der Waals surface area contributed by atoms with Gasteiger partial charge in [-0.1, -0.05) is 15.9 Å². The van der Waals surface area contributed by atoms with Crippen molar-refractivity contribution in [2.24, 2.45) is 0 Å². The van der Waals surface area contributed by atoms with E-state index < -0.39 is 5.97 Å². The van der Waals surface area contributed by atoms with E-state index in [1.54, 1.807) is 13.2 Å². The number of esters is 1. The summed E-state index contributed by atoms with van der Waals surface area (Å²) < 4.78 is 16.0. The van der Waals surface area contributed by atoms with Crippen molar-refractivity contribution in [3.8, 4) is 5.75 Å². The van der Waals surface area contributed by atoms with E-state index in [-0.39, 0.29) is 6.79 Å². The first-order valence-electron chi connectivity index (χ1n) is 5.71. The van der Waals surface area contributed by atoms with Gasteiger partial charge in [0, 0.05) is 11.6 Å². The predicted octanol–water partition coefficient (Wildman–Crippen LogP) is 3.10. The first-order chi connectivity index (χ1) is 8.67. The lowest BCUT2D eigenvalue weighted by molar-refractivity contribution is 0.0464. The molecule has 0 amide bonds. The zero-order valence-electron chi connectivity index (χ0n) is 10.4. The van der Waals surface area contributed by atoms with E-state index in [4.69, 9.17) is 14.2 Å². The van der Waals surface area contributed by atoms with Crippen molar-refractivity contribution in [2.75, 3.05) is 21.0 Å². The van der Waals surface area contributed by atoms with Crippen LogP contribution in [-0.4, -0.2) is 27.0 Å². The van der Waals surface area contributed by atoms with Gasteiger partial charge in [-0.05, 0) is 36.5 Å². The fraction of sp³-hybridized carbons (Fsp3) is 0.462. The molecule has 0 atom stereocenters. The molecule has 0 spiro atoms. The summed E-state index contributed by atoms with van der Waals surface area (Å²) in [5.41, 5.74) is 1.58. The van der Waals surface area contributed by atoms with Gasteiger partial charge < -0.3 is 14.2 Å². The Kier molecular flexibility index (Phi) is 4.24. The number of halogens is 1. The van der Waals surface area contributed by atoms with Gasteiger partial charge in [-0.15, -0.1) is 0 Å². The third-order valence-corrected chi connectivity index (χ3v) is 3.54. The molecule has 1 aromatic carbocycles. The molecule has 0 N–H and O–H groups in total. The quantitative estimate of drug-likeness (QED) is 0.619. The molecule has 1 saturated carbocycles. The maximum atomic E-state index is 11.7. The van der Waals surface area contributed by atoms with Crippen molar-refractivity contribution in [3.63, 3.8) is 0 Å². The number of hydrogen-bond acceptors (Lipinski definition) is 4. The molecule has 4 nitrogen and oxygen atoms in total. The van der Waals surface area contributed by atoms with Crippen molar-refractivity contribution in [1.82, 2.24) is 0 Å². The lowest BCUT2D eigenvalue weighted by Crippen LogP contribution is -2.08. The second-order valence-electron chi connectivity index (χ2n) is 4.19. The molecule has 1 aromatic rings. The van der Waals surface area contributed by atoms with Crippen LogP contribution in [0.25, 0.3) is 0 Å². The SMILES string of the molecule is COCOc1cc(C2CC2)c(Br)cc1C(=O)OC. The summed E-state index contributed by atoms with van der Waals surface area (Å²) in [6.07, 6.45) is 2.36. The Morgan fingerprint density at radius 3 is 2.67 bits per heavy atom. The highest BCUT2D eigenvalue weighted by Gasteiger charge is 2.28. The van der Waals surface area contributed by atoms with Gasteiger partial charge in [0.05, 0.1) is 7.11 Å². The fourth-order valence-electron chi connectivity index (χ4n) is 1.79. The number of hydrogen-bond donors (Lipinski definition) is 0. The molecule has 5 heteroatoms. The van der Waals surface area contributed by atoms with Gasteiger partial charge >= 0.3 is 5.97 Å². The molecule has 0 radical (unpaired) electrons. The van der Waals surface area contributed by atoms with E-state index in [1.165, 1.54) is 25.5 Å².